The molecule has 0 aromatic heterocycles. The van der Waals surface area contributed by atoms with E-state index in [0.29, 0.717) is 0 Å². The maximum Gasteiger partial charge on any atom is 0.269 e. The quantitative estimate of drug-likeness (QED) is 0.649. The molecule has 2 N–H and O–H groups in total. The molecule has 1 atom stereocenters. The Balaban J connectivity index is 2.02. The molecule has 2 rings (SSSR count). The van der Waals surface area contributed by atoms with Crippen molar-refractivity contribution in [2.24, 2.45) is 0 Å². The summed E-state index contributed by atoms with van der Waals surface area (Å²) >= 11 is 0. The Morgan fingerprint density at radius 2 is 1.90 bits per heavy atom. The largest absolute Gasteiger partial charge is 0.378 e. The van der Waals surface area contributed by atoms with Crippen LogP contribution in [0.4, 0.5) is 5.69 Å². The van der Waals surface area contributed by atoms with Gasteiger partial charge in [0, 0.05) is 18.7 Å². The monoisotopic (exact) mass is 286 g/mol. The third kappa shape index (κ3) is 3.87. The summed E-state index contributed by atoms with van der Waals surface area (Å²) in [5.74, 6) is -0.598. The molecule has 1 unspecified atom stereocenters. The predicted molar refractivity (Wildman–Crippen MR) is 76.3 cm³/mol. The molecule has 0 heterocycles. The molecular formula is C15H14N2O4. The molecule has 0 radical (unpaired) electrons. The maximum absolute atomic E-state index is 11.9. The van der Waals surface area contributed by atoms with Gasteiger partial charge in [-0.1, -0.05) is 42.5 Å². The number of aliphatic hydroxyl groups is 1. The Bertz CT molecular complexity index is 643. The minimum Gasteiger partial charge on any atom is -0.378 e. The van der Waals surface area contributed by atoms with Crippen LogP contribution in [0.15, 0.2) is 54.6 Å². The third-order valence-electron chi connectivity index (χ3n) is 2.95. The van der Waals surface area contributed by atoms with E-state index in [2.05, 4.69) is 5.32 Å². The zero-order valence-corrected chi connectivity index (χ0v) is 11.1. The van der Waals surface area contributed by atoms with Crippen LogP contribution in [0.1, 0.15) is 17.2 Å². The molecule has 6 nitrogen and oxygen atoms in total. The molecule has 21 heavy (non-hydrogen) atoms. The molecular weight excluding hydrogens is 272 g/mol. The molecule has 0 aliphatic carbocycles. The van der Waals surface area contributed by atoms with Gasteiger partial charge in [0.05, 0.1) is 4.92 Å². The van der Waals surface area contributed by atoms with Crippen LogP contribution in [-0.4, -0.2) is 15.9 Å². The number of non-ortho nitro benzene ring substituents is 1. The van der Waals surface area contributed by atoms with Crippen LogP contribution < -0.4 is 5.32 Å². The number of nitrogens with zero attached hydrogens (tertiary/aromatic N) is 1. The molecule has 108 valence electrons. The second kappa shape index (κ2) is 6.62. The first kappa shape index (κ1) is 14.7. The van der Waals surface area contributed by atoms with Gasteiger partial charge in [-0.05, 0) is 11.1 Å². The van der Waals surface area contributed by atoms with E-state index in [1.807, 2.05) is 30.3 Å². The molecule has 1 amide bonds. The Morgan fingerprint density at radius 3 is 2.57 bits per heavy atom. The van der Waals surface area contributed by atoms with Gasteiger partial charge in [-0.2, -0.15) is 0 Å². The standard InChI is InChI=1S/C15H14N2O4/c18-14(12-7-4-8-13(9-12)17(20)21)15(19)16-10-11-5-2-1-3-6-11/h1-9,14,18H,10H2,(H,16,19). The number of nitrogens with one attached hydrogen (secondary N) is 1. The highest BCUT2D eigenvalue weighted by atomic mass is 16.6. The van der Waals surface area contributed by atoms with Crippen molar-refractivity contribution >= 4 is 11.6 Å². The van der Waals surface area contributed by atoms with Gasteiger partial charge in [-0.25, -0.2) is 0 Å². The van der Waals surface area contributed by atoms with E-state index in [1.54, 1.807) is 0 Å². The number of carbonyl (C=O) groups is 1. The van der Waals surface area contributed by atoms with Gasteiger partial charge in [0.1, 0.15) is 0 Å². The average molecular weight is 286 g/mol. The summed E-state index contributed by atoms with van der Waals surface area (Å²) in [5.41, 5.74) is 0.925. The smallest absolute Gasteiger partial charge is 0.269 e. The van der Waals surface area contributed by atoms with Crippen LogP contribution in [0, 0.1) is 10.1 Å². The van der Waals surface area contributed by atoms with Crippen molar-refractivity contribution in [1.29, 1.82) is 0 Å². The van der Waals surface area contributed by atoms with E-state index in [9.17, 15) is 20.0 Å². The minimum absolute atomic E-state index is 0.164. The Labute approximate surface area is 121 Å². The molecule has 0 aliphatic heterocycles. The lowest BCUT2D eigenvalue weighted by Crippen LogP contribution is -2.28. The van der Waals surface area contributed by atoms with Crippen molar-refractivity contribution in [2.75, 3.05) is 0 Å². The number of nitro benzene ring substituents is 1. The average Bonchev–Trinajstić information content (AvgIpc) is 2.53. The number of amides is 1. The van der Waals surface area contributed by atoms with Crippen LogP contribution in [0.2, 0.25) is 0 Å². The molecule has 6 heteroatoms. The normalized spacial score (nSPS) is 11.7. The summed E-state index contributed by atoms with van der Waals surface area (Å²) in [6.45, 7) is 0.283. The first-order valence-electron chi connectivity index (χ1n) is 6.32. The highest BCUT2D eigenvalue weighted by Crippen LogP contribution is 2.19. The lowest BCUT2D eigenvalue weighted by atomic mass is 10.1. The second-order valence-electron chi connectivity index (χ2n) is 4.46. The zero-order chi connectivity index (χ0) is 15.2. The number of hydrogen-bond donors (Lipinski definition) is 2. The topological polar surface area (TPSA) is 92.5 Å². The van der Waals surface area contributed by atoms with Crippen LogP contribution in [0.3, 0.4) is 0 Å². The first-order valence-corrected chi connectivity index (χ1v) is 6.32. The number of carbonyl (C=O) groups excluding carboxylic acids is 1. The number of rotatable bonds is 5. The third-order valence-corrected chi connectivity index (χ3v) is 2.95. The molecule has 0 aliphatic rings. The van der Waals surface area contributed by atoms with Crippen LogP contribution in [-0.2, 0) is 11.3 Å². The summed E-state index contributed by atoms with van der Waals surface area (Å²) in [4.78, 5) is 22.0. The highest BCUT2D eigenvalue weighted by Gasteiger charge is 2.19. The van der Waals surface area contributed by atoms with Gasteiger partial charge in [-0.15, -0.1) is 0 Å². The number of aliphatic hydroxyl groups excluding tert-OH is 1. The molecule has 0 spiro atoms. The summed E-state index contributed by atoms with van der Waals surface area (Å²) in [6.07, 6.45) is -1.44. The lowest BCUT2D eigenvalue weighted by Gasteiger charge is -2.11. The van der Waals surface area contributed by atoms with Crippen molar-refractivity contribution < 1.29 is 14.8 Å². The minimum atomic E-state index is -1.44. The van der Waals surface area contributed by atoms with Crippen molar-refractivity contribution in [3.05, 3.63) is 75.8 Å². The summed E-state index contributed by atoms with van der Waals surface area (Å²) < 4.78 is 0. The maximum atomic E-state index is 11.9. The van der Waals surface area contributed by atoms with E-state index < -0.39 is 16.9 Å². The van der Waals surface area contributed by atoms with E-state index in [-0.39, 0.29) is 17.8 Å². The van der Waals surface area contributed by atoms with Gasteiger partial charge in [0.25, 0.3) is 11.6 Å². The summed E-state index contributed by atoms with van der Waals surface area (Å²) in [7, 11) is 0. The van der Waals surface area contributed by atoms with Crippen molar-refractivity contribution in [2.45, 2.75) is 12.6 Å². The molecule has 0 saturated heterocycles. The number of hydrogen-bond acceptors (Lipinski definition) is 4. The molecule has 2 aromatic carbocycles. The van der Waals surface area contributed by atoms with Gasteiger partial charge in [0.15, 0.2) is 6.10 Å². The van der Waals surface area contributed by atoms with Crippen LogP contribution in [0.25, 0.3) is 0 Å². The predicted octanol–water partition coefficient (Wildman–Crippen LogP) is 1.94. The Morgan fingerprint density at radius 1 is 1.19 bits per heavy atom. The fourth-order valence-corrected chi connectivity index (χ4v) is 1.84. The molecule has 0 bridgehead atoms. The fraction of sp³-hybridized carbons (Fsp3) is 0.133. The highest BCUT2D eigenvalue weighted by molar-refractivity contribution is 5.82. The van der Waals surface area contributed by atoms with E-state index >= 15 is 0 Å². The molecule has 2 aromatic rings. The zero-order valence-electron chi connectivity index (χ0n) is 11.1. The van der Waals surface area contributed by atoms with Crippen molar-refractivity contribution in [3.8, 4) is 0 Å². The van der Waals surface area contributed by atoms with Gasteiger partial charge in [-0.3, -0.25) is 14.9 Å². The molecule has 0 saturated carbocycles. The summed E-state index contributed by atoms with van der Waals surface area (Å²) in [6, 6.07) is 14.6. The Kier molecular flexibility index (Phi) is 4.63. The van der Waals surface area contributed by atoms with E-state index in [1.165, 1.54) is 24.3 Å². The van der Waals surface area contributed by atoms with E-state index in [0.717, 1.165) is 5.56 Å². The van der Waals surface area contributed by atoms with E-state index in [4.69, 9.17) is 0 Å². The molecule has 0 fully saturated rings. The number of nitro groups is 1. The van der Waals surface area contributed by atoms with Crippen LogP contribution in [0.5, 0.6) is 0 Å². The second-order valence-corrected chi connectivity index (χ2v) is 4.46. The van der Waals surface area contributed by atoms with Crippen molar-refractivity contribution in [3.63, 3.8) is 0 Å². The lowest BCUT2D eigenvalue weighted by molar-refractivity contribution is -0.385. The van der Waals surface area contributed by atoms with Gasteiger partial charge < -0.3 is 10.4 Å². The number of benzene rings is 2. The fourth-order valence-electron chi connectivity index (χ4n) is 1.84. The van der Waals surface area contributed by atoms with Crippen LogP contribution >= 0.6 is 0 Å². The van der Waals surface area contributed by atoms with Gasteiger partial charge >= 0.3 is 0 Å². The van der Waals surface area contributed by atoms with Crippen molar-refractivity contribution in [1.82, 2.24) is 5.32 Å². The van der Waals surface area contributed by atoms with Gasteiger partial charge in [0.2, 0.25) is 0 Å². The Hall–Kier alpha value is -2.73. The SMILES string of the molecule is O=C(NCc1ccccc1)C(O)c1cccc([N+](=O)[O-])c1. The first-order chi connectivity index (χ1) is 10.1. The summed E-state index contributed by atoms with van der Waals surface area (Å²) in [5, 5.41) is 23.2.